The van der Waals surface area contributed by atoms with Crippen LogP contribution in [-0.2, 0) is 4.79 Å². The van der Waals surface area contributed by atoms with Gasteiger partial charge in [-0.15, -0.1) is 10.2 Å². The Bertz CT molecular complexity index is 526. The highest BCUT2D eigenvalue weighted by molar-refractivity contribution is 7.99. The second-order valence-electron chi connectivity index (χ2n) is 3.96. The number of nitrogens with one attached hydrogen (secondary N) is 1. The molecule has 1 aromatic heterocycles. The maximum Gasteiger partial charge on any atom is 0.230 e. The van der Waals surface area contributed by atoms with Crippen LogP contribution < -0.4 is 5.32 Å². The number of rotatable bonds is 6. The van der Waals surface area contributed by atoms with E-state index in [9.17, 15) is 4.79 Å². The molecular weight excluding hydrogens is 260 g/mol. The molecule has 2 aromatic rings. The minimum absolute atomic E-state index is 0.0226. The molecule has 0 spiro atoms. The minimum Gasteiger partial charge on any atom is -0.355 e. The first-order valence-electron chi connectivity index (χ1n) is 6.16. The van der Waals surface area contributed by atoms with Crippen molar-refractivity contribution in [2.75, 3.05) is 12.3 Å². The smallest absolute Gasteiger partial charge is 0.230 e. The van der Waals surface area contributed by atoms with E-state index in [1.807, 2.05) is 41.8 Å². The number of thioether (sulfide) groups is 1. The van der Waals surface area contributed by atoms with Gasteiger partial charge < -0.3 is 5.32 Å². The summed E-state index contributed by atoms with van der Waals surface area (Å²) in [6.45, 7) is 2.74. The number of hydrogen-bond acceptors (Lipinski definition) is 4. The summed E-state index contributed by atoms with van der Waals surface area (Å²) in [6.07, 6.45) is 2.60. The van der Waals surface area contributed by atoms with Gasteiger partial charge in [-0.3, -0.25) is 9.36 Å². The molecule has 2 rings (SSSR count). The lowest BCUT2D eigenvalue weighted by Gasteiger charge is -2.06. The Balaban J connectivity index is 1.99. The van der Waals surface area contributed by atoms with E-state index in [4.69, 9.17) is 0 Å². The summed E-state index contributed by atoms with van der Waals surface area (Å²) < 4.78 is 1.87. The molecule has 5 nitrogen and oxygen atoms in total. The lowest BCUT2D eigenvalue weighted by Crippen LogP contribution is -2.25. The highest BCUT2D eigenvalue weighted by Gasteiger charge is 2.09. The lowest BCUT2D eigenvalue weighted by molar-refractivity contribution is -0.118. The molecule has 0 bridgehead atoms. The van der Waals surface area contributed by atoms with Crippen molar-refractivity contribution in [2.45, 2.75) is 18.5 Å². The molecule has 1 amide bonds. The second kappa shape index (κ2) is 6.94. The third-order valence-corrected chi connectivity index (χ3v) is 3.40. The van der Waals surface area contributed by atoms with Gasteiger partial charge in [0.1, 0.15) is 6.33 Å². The SMILES string of the molecule is CCCNC(=O)CSc1nncn1-c1ccccc1. The van der Waals surface area contributed by atoms with Crippen molar-refractivity contribution < 1.29 is 4.79 Å². The molecule has 0 fully saturated rings. The average Bonchev–Trinajstić information content (AvgIpc) is 2.92. The quantitative estimate of drug-likeness (QED) is 0.818. The number of nitrogens with zero attached hydrogens (tertiary/aromatic N) is 3. The largest absolute Gasteiger partial charge is 0.355 e. The monoisotopic (exact) mass is 276 g/mol. The molecule has 0 aliphatic carbocycles. The van der Waals surface area contributed by atoms with Crippen LogP contribution in [0.2, 0.25) is 0 Å². The Morgan fingerprint density at radius 1 is 1.37 bits per heavy atom. The van der Waals surface area contributed by atoms with E-state index >= 15 is 0 Å². The summed E-state index contributed by atoms with van der Waals surface area (Å²) in [5, 5.41) is 11.5. The van der Waals surface area contributed by atoms with Crippen molar-refractivity contribution in [3.63, 3.8) is 0 Å². The number of carbonyl (C=O) groups is 1. The molecule has 0 radical (unpaired) electrons. The van der Waals surface area contributed by atoms with Crippen molar-refractivity contribution in [3.8, 4) is 5.69 Å². The van der Waals surface area contributed by atoms with Crippen LogP contribution >= 0.6 is 11.8 Å². The maximum atomic E-state index is 11.6. The molecule has 0 saturated carbocycles. The molecule has 19 heavy (non-hydrogen) atoms. The van der Waals surface area contributed by atoms with Crippen LogP contribution in [0.1, 0.15) is 13.3 Å². The topological polar surface area (TPSA) is 59.8 Å². The zero-order chi connectivity index (χ0) is 13.5. The molecule has 0 saturated heterocycles. The van der Waals surface area contributed by atoms with Gasteiger partial charge in [-0.05, 0) is 18.6 Å². The number of aromatic nitrogens is 3. The van der Waals surface area contributed by atoms with Gasteiger partial charge in [-0.25, -0.2) is 0 Å². The van der Waals surface area contributed by atoms with E-state index < -0.39 is 0 Å². The molecule has 0 unspecified atom stereocenters. The van der Waals surface area contributed by atoms with Crippen LogP contribution in [0.5, 0.6) is 0 Å². The summed E-state index contributed by atoms with van der Waals surface area (Å²) in [5.74, 6) is 0.375. The Morgan fingerprint density at radius 2 is 2.16 bits per heavy atom. The minimum atomic E-state index is 0.0226. The fourth-order valence-electron chi connectivity index (χ4n) is 1.53. The number of benzene rings is 1. The fraction of sp³-hybridized carbons (Fsp3) is 0.308. The Kier molecular flexibility index (Phi) is 4.97. The third-order valence-electron chi connectivity index (χ3n) is 2.46. The van der Waals surface area contributed by atoms with Crippen LogP contribution in [0.3, 0.4) is 0 Å². The van der Waals surface area contributed by atoms with E-state index in [1.54, 1.807) is 6.33 Å². The van der Waals surface area contributed by atoms with Gasteiger partial charge >= 0.3 is 0 Å². The van der Waals surface area contributed by atoms with Gasteiger partial charge in [-0.2, -0.15) is 0 Å². The maximum absolute atomic E-state index is 11.6. The van der Waals surface area contributed by atoms with Crippen LogP contribution in [0.4, 0.5) is 0 Å². The molecule has 1 heterocycles. The number of carbonyl (C=O) groups excluding carboxylic acids is 1. The van der Waals surface area contributed by atoms with Gasteiger partial charge in [0, 0.05) is 12.2 Å². The number of hydrogen-bond donors (Lipinski definition) is 1. The van der Waals surface area contributed by atoms with Crippen molar-refractivity contribution in [3.05, 3.63) is 36.7 Å². The van der Waals surface area contributed by atoms with Crippen molar-refractivity contribution in [1.82, 2.24) is 20.1 Å². The number of para-hydroxylation sites is 1. The standard InChI is InChI=1S/C13H16N4OS/c1-2-8-14-12(18)9-19-13-16-15-10-17(13)11-6-4-3-5-7-11/h3-7,10H,2,8-9H2,1H3,(H,14,18). The van der Waals surface area contributed by atoms with Gasteiger partial charge in [0.05, 0.1) is 5.75 Å². The normalized spacial score (nSPS) is 10.4. The molecule has 0 atom stereocenters. The summed E-state index contributed by atoms with van der Waals surface area (Å²) in [5.41, 5.74) is 0.990. The summed E-state index contributed by atoms with van der Waals surface area (Å²) in [6, 6.07) is 9.82. The van der Waals surface area contributed by atoms with Gasteiger partial charge in [0.25, 0.3) is 0 Å². The van der Waals surface area contributed by atoms with Gasteiger partial charge in [0.15, 0.2) is 5.16 Å². The Labute approximate surface area is 116 Å². The van der Waals surface area contributed by atoms with Crippen LogP contribution in [0.25, 0.3) is 5.69 Å². The van der Waals surface area contributed by atoms with Crippen LogP contribution in [-0.4, -0.2) is 33.0 Å². The Hall–Kier alpha value is -1.82. The Morgan fingerprint density at radius 3 is 2.89 bits per heavy atom. The first kappa shape index (κ1) is 13.6. The highest BCUT2D eigenvalue weighted by atomic mass is 32.2. The van der Waals surface area contributed by atoms with Crippen LogP contribution in [0, 0.1) is 0 Å². The fourth-order valence-corrected chi connectivity index (χ4v) is 2.29. The van der Waals surface area contributed by atoms with Gasteiger partial charge in [0.2, 0.25) is 5.91 Å². The van der Waals surface area contributed by atoms with Crippen molar-refractivity contribution >= 4 is 17.7 Å². The predicted molar refractivity (Wildman–Crippen MR) is 75.4 cm³/mol. The molecule has 100 valence electrons. The summed E-state index contributed by atoms with van der Waals surface area (Å²) in [4.78, 5) is 11.6. The van der Waals surface area contributed by atoms with Crippen LogP contribution in [0.15, 0.2) is 41.8 Å². The molecule has 0 aliphatic heterocycles. The highest BCUT2D eigenvalue weighted by Crippen LogP contribution is 2.18. The van der Waals surface area contributed by atoms with E-state index in [-0.39, 0.29) is 5.91 Å². The van der Waals surface area contributed by atoms with E-state index in [1.165, 1.54) is 11.8 Å². The summed E-state index contributed by atoms with van der Waals surface area (Å²) in [7, 11) is 0. The molecule has 0 aliphatic rings. The van der Waals surface area contributed by atoms with Crippen molar-refractivity contribution in [2.24, 2.45) is 0 Å². The van der Waals surface area contributed by atoms with E-state index in [0.717, 1.165) is 17.3 Å². The third kappa shape index (κ3) is 3.82. The van der Waals surface area contributed by atoms with E-state index in [2.05, 4.69) is 15.5 Å². The van der Waals surface area contributed by atoms with Crippen molar-refractivity contribution in [1.29, 1.82) is 0 Å². The van der Waals surface area contributed by atoms with Gasteiger partial charge in [-0.1, -0.05) is 36.9 Å². The molecule has 1 N–H and O–H groups in total. The first-order chi connectivity index (χ1) is 9.31. The average molecular weight is 276 g/mol. The zero-order valence-electron chi connectivity index (χ0n) is 10.7. The lowest BCUT2D eigenvalue weighted by atomic mass is 10.3. The number of amides is 1. The molecular formula is C13H16N4OS. The zero-order valence-corrected chi connectivity index (χ0v) is 11.6. The van der Waals surface area contributed by atoms with E-state index in [0.29, 0.717) is 12.3 Å². The second-order valence-corrected chi connectivity index (χ2v) is 4.90. The molecule has 6 heteroatoms. The molecule has 1 aromatic carbocycles. The first-order valence-corrected chi connectivity index (χ1v) is 7.14. The predicted octanol–water partition coefficient (Wildman–Crippen LogP) is 1.89. The summed E-state index contributed by atoms with van der Waals surface area (Å²) >= 11 is 1.38.